The van der Waals surface area contributed by atoms with Crippen molar-refractivity contribution in [2.24, 2.45) is 5.92 Å². The first kappa shape index (κ1) is 38.2. The van der Waals surface area contributed by atoms with E-state index >= 15 is 0 Å². The molecule has 2 aliphatic rings. The Balaban J connectivity index is 2.10. The molecule has 0 spiro atoms. The van der Waals surface area contributed by atoms with Crippen molar-refractivity contribution >= 4 is 47.2 Å². The Hall–Kier alpha value is -3.03. The summed E-state index contributed by atoms with van der Waals surface area (Å²) in [6.45, 7) is 3.09. The maximum absolute atomic E-state index is 13.0. The second-order valence-electron chi connectivity index (χ2n) is 11.2. The average molecular weight is 663 g/mol. The first-order chi connectivity index (χ1) is 21.1. The highest BCUT2D eigenvalue weighted by molar-refractivity contribution is 7.99. The SMILES string of the molecule is CNC(=O)[C@H](CCCCNC(=O)C(=O)N[C@@]12OCCC(CSC[C@H](NC(C)=O)C(=O)NC)C1(O)O[C@@](C)(CO)[C@@H]2O)NC(C)=O. The predicted molar refractivity (Wildman–Crippen MR) is 160 cm³/mol. The largest absolute Gasteiger partial charge is 0.393 e. The van der Waals surface area contributed by atoms with E-state index in [1.807, 2.05) is 0 Å². The van der Waals surface area contributed by atoms with E-state index in [0.717, 1.165) is 0 Å². The topological polar surface area (TPSA) is 254 Å². The van der Waals surface area contributed by atoms with E-state index < -0.39 is 71.5 Å². The standard InChI is InChI=1S/C27H46N6O11S/c1-15(35)31-18(20(37)28-4)8-6-7-10-30-22(39)23(40)33-26-24(41)25(3,14-34)44-27(26,42)17(9-11-43-26)12-45-13-19(21(38)29-5)32-16(2)36/h17-19,24,34,41-42H,6-14H2,1-5H3,(H,28,37)(H,29,38)(H,30,39)(H,31,35)(H,32,36)(H,33,40)/t17?,18-,19-,24-,25-,26-,27?/m0/s1. The second-order valence-corrected chi connectivity index (χ2v) is 12.3. The van der Waals surface area contributed by atoms with Gasteiger partial charge in [-0.25, -0.2) is 0 Å². The molecule has 0 aromatic heterocycles. The van der Waals surface area contributed by atoms with Gasteiger partial charge < -0.3 is 56.7 Å². The first-order valence-corrected chi connectivity index (χ1v) is 15.8. The van der Waals surface area contributed by atoms with Crippen molar-refractivity contribution in [2.45, 2.75) is 81.8 Å². The summed E-state index contributed by atoms with van der Waals surface area (Å²) in [6, 6.07) is -1.61. The van der Waals surface area contributed by atoms with Crippen LogP contribution in [0.1, 0.15) is 46.5 Å². The van der Waals surface area contributed by atoms with Crippen LogP contribution in [-0.2, 0) is 38.2 Å². The fraction of sp³-hybridized carbons (Fsp3) is 0.778. The van der Waals surface area contributed by atoms with Gasteiger partial charge >= 0.3 is 11.8 Å². The number of thioether (sulfide) groups is 1. The molecule has 9 N–H and O–H groups in total. The third-order valence-electron chi connectivity index (χ3n) is 7.74. The maximum atomic E-state index is 13.0. The van der Waals surface area contributed by atoms with Crippen LogP contribution in [0.5, 0.6) is 0 Å². The molecule has 0 aromatic carbocycles. The van der Waals surface area contributed by atoms with Crippen molar-refractivity contribution in [3.63, 3.8) is 0 Å². The van der Waals surface area contributed by atoms with Crippen LogP contribution in [0.2, 0.25) is 0 Å². The molecule has 0 radical (unpaired) electrons. The molecule has 2 saturated heterocycles. The molecule has 2 rings (SSSR count). The number of fused-ring (bicyclic) bond motifs is 1. The lowest BCUT2D eigenvalue weighted by Gasteiger charge is -2.49. The number of aliphatic hydroxyl groups excluding tert-OH is 2. The summed E-state index contributed by atoms with van der Waals surface area (Å²) >= 11 is 1.20. The zero-order chi connectivity index (χ0) is 34.0. The van der Waals surface area contributed by atoms with Gasteiger partial charge in [0.2, 0.25) is 35.1 Å². The summed E-state index contributed by atoms with van der Waals surface area (Å²) in [4.78, 5) is 72.8. The second kappa shape index (κ2) is 16.5. The predicted octanol–water partition coefficient (Wildman–Crippen LogP) is -3.81. The average Bonchev–Trinajstić information content (AvgIpc) is 3.17. The number of amides is 6. The van der Waals surface area contributed by atoms with Crippen molar-refractivity contribution in [3.05, 3.63) is 0 Å². The third kappa shape index (κ3) is 9.04. The van der Waals surface area contributed by atoms with Crippen molar-refractivity contribution in [1.29, 1.82) is 0 Å². The van der Waals surface area contributed by atoms with Gasteiger partial charge in [-0.3, -0.25) is 28.8 Å². The molecule has 256 valence electrons. The Kier molecular flexibility index (Phi) is 14.0. The van der Waals surface area contributed by atoms with Gasteiger partial charge in [0.05, 0.1) is 13.2 Å². The van der Waals surface area contributed by atoms with E-state index in [-0.39, 0.29) is 42.9 Å². The van der Waals surface area contributed by atoms with Gasteiger partial charge in [0.25, 0.3) is 0 Å². The van der Waals surface area contributed by atoms with Gasteiger partial charge in [-0.05, 0) is 32.6 Å². The summed E-state index contributed by atoms with van der Waals surface area (Å²) in [5.74, 6) is -6.86. The van der Waals surface area contributed by atoms with Crippen LogP contribution >= 0.6 is 11.8 Å². The van der Waals surface area contributed by atoms with Gasteiger partial charge in [0.15, 0.2) is 0 Å². The van der Waals surface area contributed by atoms with Crippen molar-refractivity contribution in [1.82, 2.24) is 31.9 Å². The first-order valence-electron chi connectivity index (χ1n) is 14.6. The number of unbranched alkanes of at least 4 members (excludes halogenated alkanes) is 1. The maximum Gasteiger partial charge on any atom is 0.311 e. The van der Waals surface area contributed by atoms with Crippen molar-refractivity contribution in [3.8, 4) is 0 Å². The molecule has 0 aliphatic carbocycles. The van der Waals surface area contributed by atoms with Gasteiger partial charge in [-0.2, -0.15) is 11.8 Å². The minimum Gasteiger partial charge on any atom is -0.393 e. The summed E-state index contributed by atoms with van der Waals surface area (Å²) in [5, 5.41) is 48.0. The quantitative estimate of drug-likeness (QED) is 0.0605. The molecule has 0 saturated carbocycles. The van der Waals surface area contributed by atoms with Crippen LogP contribution in [0, 0.1) is 5.92 Å². The van der Waals surface area contributed by atoms with E-state index in [2.05, 4.69) is 31.9 Å². The fourth-order valence-electron chi connectivity index (χ4n) is 5.35. The van der Waals surface area contributed by atoms with Gasteiger partial charge in [0.1, 0.15) is 23.8 Å². The number of rotatable bonds is 15. The molecule has 0 aromatic rings. The van der Waals surface area contributed by atoms with Crippen molar-refractivity contribution in [2.75, 3.05) is 45.4 Å². The smallest absolute Gasteiger partial charge is 0.311 e. The third-order valence-corrected chi connectivity index (χ3v) is 8.95. The van der Waals surface area contributed by atoms with Crippen LogP contribution in [-0.4, -0.2) is 131 Å². The van der Waals surface area contributed by atoms with E-state index in [4.69, 9.17) is 9.47 Å². The van der Waals surface area contributed by atoms with E-state index in [9.17, 15) is 44.1 Å². The minimum absolute atomic E-state index is 0.0401. The molecular weight excluding hydrogens is 616 g/mol. The normalized spacial score (nSPS) is 28.5. The lowest BCUT2D eigenvalue weighted by molar-refractivity contribution is -0.340. The Bertz CT molecular complexity index is 1120. The molecule has 0 bridgehead atoms. The molecule has 17 nitrogen and oxygen atoms in total. The zero-order valence-corrected chi connectivity index (χ0v) is 27.0. The lowest BCUT2D eigenvalue weighted by atomic mass is 9.81. The van der Waals surface area contributed by atoms with Crippen LogP contribution in [0.25, 0.3) is 0 Å². The Labute approximate surface area is 265 Å². The van der Waals surface area contributed by atoms with E-state index in [1.165, 1.54) is 46.6 Å². The number of hydrogen-bond donors (Lipinski definition) is 9. The monoisotopic (exact) mass is 662 g/mol. The highest BCUT2D eigenvalue weighted by atomic mass is 32.2. The molecule has 2 aliphatic heterocycles. The number of nitrogens with one attached hydrogen (secondary N) is 6. The number of carbonyl (C=O) groups is 6. The summed E-state index contributed by atoms with van der Waals surface area (Å²) in [7, 11) is 2.87. The molecule has 2 heterocycles. The van der Waals surface area contributed by atoms with Crippen LogP contribution in [0.4, 0.5) is 0 Å². The highest BCUT2D eigenvalue weighted by Crippen LogP contribution is 2.52. The summed E-state index contributed by atoms with van der Waals surface area (Å²) < 4.78 is 11.6. The number of hydrogen-bond acceptors (Lipinski definition) is 12. The number of carbonyl (C=O) groups excluding carboxylic acids is 6. The molecule has 6 amide bonds. The van der Waals surface area contributed by atoms with Crippen LogP contribution in [0.15, 0.2) is 0 Å². The summed E-state index contributed by atoms with van der Waals surface area (Å²) in [6.07, 6.45) is -0.528. The van der Waals surface area contributed by atoms with Crippen molar-refractivity contribution < 1.29 is 53.6 Å². The van der Waals surface area contributed by atoms with E-state index in [0.29, 0.717) is 19.3 Å². The zero-order valence-electron chi connectivity index (χ0n) is 26.2. The van der Waals surface area contributed by atoms with E-state index in [1.54, 1.807) is 0 Å². The molecule has 2 unspecified atom stereocenters. The Morgan fingerprint density at radius 2 is 1.56 bits per heavy atom. The highest BCUT2D eigenvalue weighted by Gasteiger charge is 2.75. The summed E-state index contributed by atoms with van der Waals surface area (Å²) in [5.41, 5.74) is -4.12. The number of aliphatic hydroxyl groups is 3. The number of ether oxygens (including phenoxy) is 2. The van der Waals surface area contributed by atoms with Gasteiger partial charge in [-0.1, -0.05) is 0 Å². The molecular formula is C27H46N6O11S. The van der Waals surface area contributed by atoms with Crippen LogP contribution in [0.3, 0.4) is 0 Å². The lowest BCUT2D eigenvalue weighted by Crippen LogP contribution is -2.74. The molecule has 18 heteroatoms. The number of likely N-dealkylation sites (N-methyl/N-ethyl adjacent to an activating group) is 2. The fourth-order valence-corrected chi connectivity index (χ4v) is 6.63. The van der Waals surface area contributed by atoms with Gasteiger partial charge in [-0.15, -0.1) is 0 Å². The molecule has 2 fully saturated rings. The minimum atomic E-state index is -2.40. The van der Waals surface area contributed by atoms with Crippen LogP contribution < -0.4 is 31.9 Å². The Morgan fingerprint density at radius 3 is 2.13 bits per heavy atom. The molecule has 45 heavy (non-hydrogen) atoms. The Morgan fingerprint density at radius 1 is 0.956 bits per heavy atom. The van der Waals surface area contributed by atoms with Gasteiger partial charge in [0, 0.05) is 51.9 Å². The molecule has 7 atom stereocenters.